The first-order valence-corrected chi connectivity index (χ1v) is 5.53. The zero-order valence-corrected chi connectivity index (χ0v) is 9.83. The second-order valence-electron chi connectivity index (χ2n) is 3.94. The number of aliphatic carboxylic acids is 1. The van der Waals surface area contributed by atoms with Gasteiger partial charge in [-0.3, -0.25) is 0 Å². The summed E-state index contributed by atoms with van der Waals surface area (Å²) in [5.41, 5.74) is 5.59. The summed E-state index contributed by atoms with van der Waals surface area (Å²) in [6, 6.07) is 0. The highest BCUT2D eigenvalue weighted by Crippen LogP contribution is 2.14. The Morgan fingerprint density at radius 3 is 2.41 bits per heavy atom. The van der Waals surface area contributed by atoms with E-state index in [-0.39, 0.29) is 0 Å². The summed E-state index contributed by atoms with van der Waals surface area (Å²) in [6.45, 7) is 6.80. The van der Waals surface area contributed by atoms with E-state index in [4.69, 9.17) is 15.6 Å². The minimum Gasteiger partial charge on any atom is -0.475 e. The molecule has 17 heavy (non-hydrogen) atoms. The summed E-state index contributed by atoms with van der Waals surface area (Å²) < 4.78 is 31.7. The second kappa shape index (κ2) is 7.50. The maximum atomic E-state index is 10.6. The van der Waals surface area contributed by atoms with Gasteiger partial charge in [0.1, 0.15) is 0 Å². The number of halogens is 3. The summed E-state index contributed by atoms with van der Waals surface area (Å²) in [5, 5.41) is 7.12. The molecule has 7 heteroatoms. The largest absolute Gasteiger partial charge is 0.490 e. The number of nitrogens with two attached hydrogens (primary N) is 1. The van der Waals surface area contributed by atoms with Crippen molar-refractivity contribution in [1.82, 2.24) is 4.90 Å². The lowest BCUT2D eigenvalue weighted by molar-refractivity contribution is -0.192. The number of carbonyl (C=O) groups is 1. The maximum absolute atomic E-state index is 10.6. The first-order chi connectivity index (χ1) is 7.81. The Labute approximate surface area is 98.6 Å². The Balaban J connectivity index is 0.000000325. The predicted octanol–water partition coefficient (Wildman–Crippen LogP) is 1.31. The molecule has 0 aromatic heterocycles. The van der Waals surface area contributed by atoms with Gasteiger partial charge in [-0.15, -0.1) is 0 Å². The van der Waals surface area contributed by atoms with Crippen LogP contribution in [0.3, 0.4) is 0 Å². The highest BCUT2D eigenvalue weighted by molar-refractivity contribution is 5.73. The number of hydrogen-bond acceptors (Lipinski definition) is 3. The number of alkyl halides is 3. The topological polar surface area (TPSA) is 66.6 Å². The zero-order valence-electron chi connectivity index (χ0n) is 9.83. The number of carboxylic acid groups (broad SMARTS) is 1. The van der Waals surface area contributed by atoms with E-state index >= 15 is 0 Å². The van der Waals surface area contributed by atoms with Crippen LogP contribution in [0, 0.1) is 5.92 Å². The average Bonchev–Trinajstić information content (AvgIpc) is 2.28. The van der Waals surface area contributed by atoms with Crippen molar-refractivity contribution in [1.29, 1.82) is 0 Å². The Bertz CT molecular complexity index is 224. The van der Waals surface area contributed by atoms with Crippen LogP contribution in [0.1, 0.15) is 19.8 Å². The first kappa shape index (κ1) is 16.2. The number of carboxylic acids is 1. The minimum atomic E-state index is -5.08. The average molecular weight is 256 g/mol. The molecule has 3 N–H and O–H groups in total. The summed E-state index contributed by atoms with van der Waals surface area (Å²) >= 11 is 0. The van der Waals surface area contributed by atoms with E-state index in [0.29, 0.717) is 0 Å². The van der Waals surface area contributed by atoms with Crippen molar-refractivity contribution in [2.75, 3.05) is 26.2 Å². The Morgan fingerprint density at radius 1 is 1.53 bits per heavy atom. The molecular weight excluding hydrogens is 237 g/mol. The molecule has 1 aliphatic rings. The van der Waals surface area contributed by atoms with Gasteiger partial charge in [-0.2, -0.15) is 13.2 Å². The number of likely N-dealkylation sites (tertiary alicyclic amines) is 1. The molecule has 1 rings (SSSR count). The van der Waals surface area contributed by atoms with Crippen LogP contribution in [0.15, 0.2) is 0 Å². The van der Waals surface area contributed by atoms with Crippen molar-refractivity contribution < 1.29 is 23.1 Å². The zero-order chi connectivity index (χ0) is 13.5. The molecule has 1 aliphatic heterocycles. The van der Waals surface area contributed by atoms with Gasteiger partial charge in [0.25, 0.3) is 0 Å². The molecule has 0 amide bonds. The van der Waals surface area contributed by atoms with Gasteiger partial charge < -0.3 is 15.7 Å². The molecule has 1 fully saturated rings. The molecule has 4 nitrogen and oxygen atoms in total. The lowest BCUT2D eigenvalue weighted by Gasteiger charge is -2.30. The van der Waals surface area contributed by atoms with E-state index in [9.17, 15) is 13.2 Å². The van der Waals surface area contributed by atoms with Crippen LogP contribution in [0.5, 0.6) is 0 Å². The van der Waals surface area contributed by atoms with Crippen LogP contribution in [0.25, 0.3) is 0 Å². The monoisotopic (exact) mass is 256 g/mol. The fraction of sp³-hybridized carbons (Fsp3) is 0.900. The first-order valence-electron chi connectivity index (χ1n) is 5.53. The highest BCUT2D eigenvalue weighted by atomic mass is 19.4. The summed E-state index contributed by atoms with van der Waals surface area (Å²) in [4.78, 5) is 11.4. The van der Waals surface area contributed by atoms with Gasteiger partial charge in [0.05, 0.1) is 0 Å². The maximum Gasteiger partial charge on any atom is 0.490 e. The van der Waals surface area contributed by atoms with Crippen molar-refractivity contribution in [3.05, 3.63) is 0 Å². The van der Waals surface area contributed by atoms with Crippen LogP contribution >= 0.6 is 0 Å². The van der Waals surface area contributed by atoms with Crippen LogP contribution in [-0.2, 0) is 4.79 Å². The summed E-state index contributed by atoms with van der Waals surface area (Å²) in [5.74, 6) is -1.98. The van der Waals surface area contributed by atoms with Crippen molar-refractivity contribution >= 4 is 5.97 Å². The fourth-order valence-corrected chi connectivity index (χ4v) is 1.63. The van der Waals surface area contributed by atoms with E-state index in [0.717, 1.165) is 12.5 Å². The molecule has 1 atom stereocenters. The smallest absolute Gasteiger partial charge is 0.475 e. The van der Waals surface area contributed by atoms with E-state index in [2.05, 4.69) is 11.8 Å². The van der Waals surface area contributed by atoms with Gasteiger partial charge >= 0.3 is 12.1 Å². The molecule has 1 heterocycles. The molecule has 0 aliphatic carbocycles. The molecule has 0 spiro atoms. The standard InChI is InChI=1S/C8H18N2.C2HF3O2/c1-2-10-5-3-4-8(6-9)7-10;3-2(4,5)1(6)7/h8H,2-7,9H2,1H3;(H,6,7). The number of nitrogens with zero attached hydrogens (tertiary/aromatic N) is 1. The molecule has 0 aromatic carbocycles. The van der Waals surface area contributed by atoms with Crippen LogP contribution in [0.4, 0.5) is 13.2 Å². The van der Waals surface area contributed by atoms with Gasteiger partial charge in [0.15, 0.2) is 0 Å². The van der Waals surface area contributed by atoms with Crippen molar-refractivity contribution in [2.45, 2.75) is 25.9 Å². The minimum absolute atomic E-state index is 0.772. The lowest BCUT2D eigenvalue weighted by Crippen LogP contribution is -2.37. The van der Waals surface area contributed by atoms with E-state index < -0.39 is 12.1 Å². The third-order valence-corrected chi connectivity index (χ3v) is 2.63. The summed E-state index contributed by atoms with van der Waals surface area (Å²) in [6.07, 6.45) is -2.40. The fourth-order valence-electron chi connectivity index (χ4n) is 1.63. The Kier molecular flexibility index (Phi) is 7.13. The third-order valence-electron chi connectivity index (χ3n) is 2.63. The molecule has 0 aromatic rings. The molecule has 0 radical (unpaired) electrons. The SMILES string of the molecule is CCN1CCCC(CN)C1.O=C(O)C(F)(F)F. The lowest BCUT2D eigenvalue weighted by atomic mass is 9.98. The van der Waals surface area contributed by atoms with Gasteiger partial charge in [-0.1, -0.05) is 6.92 Å². The molecule has 1 saturated heterocycles. The van der Waals surface area contributed by atoms with E-state index in [1.807, 2.05) is 0 Å². The Morgan fingerprint density at radius 2 is 2.06 bits per heavy atom. The molecule has 0 bridgehead atoms. The van der Waals surface area contributed by atoms with E-state index in [1.54, 1.807) is 0 Å². The van der Waals surface area contributed by atoms with Crippen molar-refractivity contribution in [3.63, 3.8) is 0 Å². The predicted molar refractivity (Wildman–Crippen MR) is 57.6 cm³/mol. The number of rotatable bonds is 2. The quantitative estimate of drug-likeness (QED) is 0.781. The van der Waals surface area contributed by atoms with Gasteiger partial charge in [-0.05, 0) is 38.4 Å². The van der Waals surface area contributed by atoms with Crippen LogP contribution < -0.4 is 5.73 Å². The van der Waals surface area contributed by atoms with Crippen LogP contribution in [-0.4, -0.2) is 48.3 Å². The van der Waals surface area contributed by atoms with Crippen LogP contribution in [0.2, 0.25) is 0 Å². The van der Waals surface area contributed by atoms with Crippen molar-refractivity contribution in [3.8, 4) is 0 Å². The highest BCUT2D eigenvalue weighted by Gasteiger charge is 2.38. The number of piperidine rings is 1. The normalized spacial score (nSPS) is 21.6. The van der Waals surface area contributed by atoms with E-state index in [1.165, 1.54) is 32.5 Å². The van der Waals surface area contributed by atoms with Gasteiger partial charge in [0, 0.05) is 6.54 Å². The second-order valence-corrected chi connectivity index (χ2v) is 3.94. The molecule has 1 unspecified atom stereocenters. The van der Waals surface area contributed by atoms with Crippen molar-refractivity contribution in [2.24, 2.45) is 11.7 Å². The van der Waals surface area contributed by atoms with Gasteiger partial charge in [-0.25, -0.2) is 4.79 Å². The molecule has 0 saturated carbocycles. The molecule has 102 valence electrons. The number of hydrogen-bond donors (Lipinski definition) is 2. The Hall–Kier alpha value is -0.820. The summed E-state index contributed by atoms with van der Waals surface area (Å²) in [7, 11) is 0. The molecular formula is C10H19F3N2O2. The van der Waals surface area contributed by atoms with Gasteiger partial charge in [0.2, 0.25) is 0 Å². The third kappa shape index (κ3) is 7.17.